The summed E-state index contributed by atoms with van der Waals surface area (Å²) in [4.78, 5) is 39.3. The van der Waals surface area contributed by atoms with Gasteiger partial charge in [-0.25, -0.2) is 4.79 Å². The van der Waals surface area contributed by atoms with Crippen LogP contribution in [0.1, 0.15) is 22.6 Å². The average molecular weight is 447 g/mol. The summed E-state index contributed by atoms with van der Waals surface area (Å²) >= 11 is 0. The number of ether oxygens (including phenoxy) is 1. The zero-order valence-corrected chi connectivity index (χ0v) is 18.1. The third-order valence-corrected chi connectivity index (χ3v) is 5.90. The Hall–Kier alpha value is -4.27. The van der Waals surface area contributed by atoms with E-state index in [9.17, 15) is 19.7 Å². The summed E-state index contributed by atoms with van der Waals surface area (Å²) in [7, 11) is 1.19. The third kappa shape index (κ3) is 3.47. The van der Waals surface area contributed by atoms with E-state index in [4.69, 9.17) is 9.26 Å². The molecule has 0 spiro atoms. The van der Waals surface area contributed by atoms with Crippen LogP contribution < -0.4 is 4.90 Å². The monoisotopic (exact) mass is 447 g/mol. The zero-order chi connectivity index (χ0) is 23.8. The van der Waals surface area contributed by atoms with Crippen molar-refractivity contribution in [2.75, 3.05) is 12.0 Å². The molecule has 3 aromatic rings. The van der Waals surface area contributed by atoms with Crippen molar-refractivity contribution in [3.8, 4) is 0 Å². The number of amides is 1. The number of fused-ring (bicyclic) bond motifs is 1. The second kappa shape index (κ2) is 8.34. The number of esters is 1. The predicted molar refractivity (Wildman–Crippen MR) is 119 cm³/mol. The van der Waals surface area contributed by atoms with E-state index in [0.29, 0.717) is 11.3 Å². The predicted octanol–water partition coefficient (Wildman–Crippen LogP) is 3.65. The smallest absolute Gasteiger partial charge is 0.334 e. The molecule has 0 aliphatic carbocycles. The molecule has 1 aliphatic heterocycles. The van der Waals surface area contributed by atoms with Crippen LogP contribution in [0, 0.1) is 17.0 Å². The Morgan fingerprint density at radius 2 is 1.88 bits per heavy atom. The van der Waals surface area contributed by atoms with E-state index in [1.54, 1.807) is 29.2 Å². The van der Waals surface area contributed by atoms with Crippen LogP contribution >= 0.6 is 0 Å². The normalized spacial score (nSPS) is 17.0. The molecule has 33 heavy (non-hydrogen) atoms. The molecule has 1 unspecified atom stereocenters. The fraction of sp³-hybridized carbons (Fsp3) is 0.208. The Bertz CT molecular complexity index is 1270. The number of rotatable bonds is 7. The molecular formula is C24H21N3O6. The van der Waals surface area contributed by atoms with E-state index in [0.717, 1.165) is 5.56 Å². The Kier molecular flexibility index (Phi) is 5.55. The lowest BCUT2D eigenvalue weighted by atomic mass is 9.72. The molecule has 9 heteroatoms. The molecule has 2 heterocycles. The number of hydrogen-bond acceptors (Lipinski definition) is 7. The minimum Gasteiger partial charge on any atom is -0.466 e. The lowest BCUT2D eigenvalue weighted by molar-refractivity contribution is -0.386. The van der Waals surface area contributed by atoms with Crippen molar-refractivity contribution in [3.05, 3.63) is 99.4 Å². The number of hydrogen-bond donors (Lipinski definition) is 0. The maximum Gasteiger partial charge on any atom is 0.334 e. The average Bonchev–Trinajstić information content (AvgIpc) is 3.30. The summed E-state index contributed by atoms with van der Waals surface area (Å²) < 4.78 is 10.2. The minimum absolute atomic E-state index is 0.0775. The van der Waals surface area contributed by atoms with Gasteiger partial charge < -0.3 is 14.2 Å². The third-order valence-electron chi connectivity index (χ3n) is 5.90. The van der Waals surface area contributed by atoms with Crippen LogP contribution in [0.15, 0.2) is 71.3 Å². The molecule has 1 amide bonds. The van der Waals surface area contributed by atoms with E-state index < -0.39 is 22.2 Å². The summed E-state index contributed by atoms with van der Waals surface area (Å²) in [6.45, 7) is 5.58. The highest BCUT2D eigenvalue weighted by Gasteiger charge is 2.56. The second-order valence-electron chi connectivity index (χ2n) is 7.74. The summed E-state index contributed by atoms with van der Waals surface area (Å²) in [6.07, 6.45) is -0.306. The topological polar surface area (TPSA) is 116 Å². The summed E-state index contributed by atoms with van der Waals surface area (Å²) in [5.74, 6) is -1.36. The van der Waals surface area contributed by atoms with Gasteiger partial charge in [0.1, 0.15) is 5.41 Å². The van der Waals surface area contributed by atoms with Crippen LogP contribution in [-0.4, -0.2) is 29.1 Å². The lowest BCUT2D eigenvalue weighted by Gasteiger charge is -2.28. The molecule has 2 aromatic carbocycles. The highest BCUT2D eigenvalue weighted by Crippen LogP contribution is 2.49. The first-order valence-electron chi connectivity index (χ1n) is 10.1. The van der Waals surface area contributed by atoms with Crippen molar-refractivity contribution < 1.29 is 23.8 Å². The first kappa shape index (κ1) is 21.9. The van der Waals surface area contributed by atoms with Gasteiger partial charge in [0, 0.05) is 12.1 Å². The highest BCUT2D eigenvalue weighted by atomic mass is 16.6. The van der Waals surface area contributed by atoms with E-state index in [2.05, 4.69) is 11.7 Å². The van der Waals surface area contributed by atoms with Crippen molar-refractivity contribution in [2.45, 2.75) is 25.3 Å². The van der Waals surface area contributed by atoms with Gasteiger partial charge in [-0.1, -0.05) is 60.3 Å². The van der Waals surface area contributed by atoms with E-state index >= 15 is 0 Å². The molecule has 1 aromatic heterocycles. The van der Waals surface area contributed by atoms with E-state index in [-0.39, 0.29) is 35.7 Å². The van der Waals surface area contributed by atoms with Crippen LogP contribution in [0.2, 0.25) is 0 Å². The maximum absolute atomic E-state index is 14.1. The number of nitrogens with zero attached hydrogens (tertiary/aromatic N) is 3. The van der Waals surface area contributed by atoms with Crippen molar-refractivity contribution in [3.63, 3.8) is 0 Å². The number of carbonyl (C=O) groups is 2. The minimum atomic E-state index is -1.66. The number of aryl methyl sites for hydroxylation is 1. The molecule has 0 saturated heterocycles. The summed E-state index contributed by atoms with van der Waals surface area (Å²) in [5.41, 5.74) is -0.106. The Labute approximate surface area is 189 Å². The fourth-order valence-corrected chi connectivity index (χ4v) is 4.32. The number of anilines is 1. The Morgan fingerprint density at radius 1 is 1.21 bits per heavy atom. The number of methoxy groups -OCH3 is 1. The van der Waals surface area contributed by atoms with Gasteiger partial charge in [-0.3, -0.25) is 14.9 Å². The molecule has 168 valence electrons. The molecule has 0 bridgehead atoms. The van der Waals surface area contributed by atoms with Gasteiger partial charge in [-0.15, -0.1) is 0 Å². The quantitative estimate of drug-likeness (QED) is 0.235. The van der Waals surface area contributed by atoms with Gasteiger partial charge in [-0.2, -0.15) is 0 Å². The van der Waals surface area contributed by atoms with E-state index in [1.807, 2.05) is 30.3 Å². The highest BCUT2D eigenvalue weighted by molar-refractivity contribution is 6.15. The number of aromatic nitrogens is 1. The van der Waals surface area contributed by atoms with Gasteiger partial charge in [-0.05, 0) is 24.1 Å². The van der Waals surface area contributed by atoms with Gasteiger partial charge in [0.2, 0.25) is 11.7 Å². The number of benzene rings is 2. The lowest BCUT2D eigenvalue weighted by Crippen LogP contribution is -2.45. The van der Waals surface area contributed by atoms with Crippen LogP contribution in [0.3, 0.4) is 0 Å². The number of nitro groups is 1. The number of carbonyl (C=O) groups excluding carboxylic acids is 2. The Balaban J connectivity index is 1.91. The fourth-order valence-electron chi connectivity index (χ4n) is 4.32. The molecule has 0 saturated carbocycles. The van der Waals surface area contributed by atoms with Gasteiger partial charge in [0.25, 0.3) is 0 Å². The number of para-hydroxylation sites is 1. The molecule has 1 atom stereocenters. The SMILES string of the molecule is C=C(C(=O)OC)C1(Cc2onc(C)c2[N+](=O)[O-])C(=O)N(Cc2ccccc2)c2ccccc21. The molecule has 0 radical (unpaired) electrons. The van der Waals surface area contributed by atoms with Crippen molar-refractivity contribution in [1.29, 1.82) is 0 Å². The molecule has 0 fully saturated rings. The maximum atomic E-state index is 14.1. The van der Waals surface area contributed by atoms with Gasteiger partial charge in [0.15, 0.2) is 5.69 Å². The van der Waals surface area contributed by atoms with Crippen molar-refractivity contribution >= 4 is 23.3 Å². The van der Waals surface area contributed by atoms with Crippen LogP contribution in [-0.2, 0) is 32.7 Å². The van der Waals surface area contributed by atoms with Gasteiger partial charge >= 0.3 is 11.7 Å². The summed E-state index contributed by atoms with van der Waals surface area (Å²) in [6, 6.07) is 16.4. The van der Waals surface area contributed by atoms with Crippen LogP contribution in [0.4, 0.5) is 11.4 Å². The van der Waals surface area contributed by atoms with Crippen LogP contribution in [0.5, 0.6) is 0 Å². The standard InChI is InChI=1S/C24H21N3O6/c1-15(22(28)32-3)24(13-20-21(27(30)31)16(2)25-33-20)18-11-7-8-12-19(18)26(23(24)29)14-17-9-5-4-6-10-17/h4-12H,1,13-14H2,2-3H3. The molecule has 9 nitrogen and oxygen atoms in total. The Morgan fingerprint density at radius 3 is 2.55 bits per heavy atom. The first-order valence-corrected chi connectivity index (χ1v) is 10.1. The van der Waals surface area contributed by atoms with Crippen molar-refractivity contribution in [2.24, 2.45) is 0 Å². The van der Waals surface area contributed by atoms with Crippen molar-refractivity contribution in [1.82, 2.24) is 5.16 Å². The largest absolute Gasteiger partial charge is 0.466 e. The molecule has 1 aliphatic rings. The first-order chi connectivity index (χ1) is 15.8. The zero-order valence-electron chi connectivity index (χ0n) is 18.1. The summed E-state index contributed by atoms with van der Waals surface area (Å²) in [5, 5.41) is 15.4. The molecule has 0 N–H and O–H groups in total. The van der Waals surface area contributed by atoms with Gasteiger partial charge in [0.05, 0.1) is 24.2 Å². The van der Waals surface area contributed by atoms with Crippen LogP contribution in [0.25, 0.3) is 0 Å². The molecular weight excluding hydrogens is 426 g/mol. The molecule has 4 rings (SSSR count). The van der Waals surface area contributed by atoms with E-state index in [1.165, 1.54) is 14.0 Å². The second-order valence-corrected chi connectivity index (χ2v) is 7.74.